The van der Waals surface area contributed by atoms with Crippen LogP contribution in [0.1, 0.15) is 36.9 Å². The zero-order valence-electron chi connectivity index (χ0n) is 19.1. The Bertz CT molecular complexity index is 1110. The minimum absolute atomic E-state index is 0.0113. The van der Waals surface area contributed by atoms with Crippen LogP contribution in [0.4, 0.5) is 0 Å². The van der Waals surface area contributed by atoms with Crippen LogP contribution in [-0.4, -0.2) is 54.9 Å². The lowest BCUT2D eigenvalue weighted by atomic mass is 9.68. The van der Waals surface area contributed by atoms with E-state index in [4.69, 9.17) is 18.9 Å². The molecule has 10 nitrogen and oxygen atoms in total. The molecule has 0 amide bonds. The first-order valence-corrected chi connectivity index (χ1v) is 11.0. The number of methoxy groups -OCH3 is 1. The van der Waals surface area contributed by atoms with Crippen LogP contribution in [0.3, 0.4) is 0 Å². The number of nitrogens with one attached hydrogen (secondary N) is 1. The molecule has 34 heavy (non-hydrogen) atoms. The van der Waals surface area contributed by atoms with E-state index in [2.05, 4.69) is 5.32 Å². The van der Waals surface area contributed by atoms with Gasteiger partial charge in [0.1, 0.15) is 23.6 Å². The Kier molecular flexibility index (Phi) is 6.43. The summed E-state index contributed by atoms with van der Waals surface area (Å²) in [6, 6.07) is 11.2. The van der Waals surface area contributed by atoms with E-state index in [1.165, 1.54) is 7.11 Å². The number of benzene rings is 2. The highest BCUT2D eigenvalue weighted by Crippen LogP contribution is 2.56. The molecule has 180 valence electrons. The Balaban J connectivity index is 2.01. The molecule has 2 aliphatic rings. The molecule has 1 saturated heterocycles. The number of fused-ring (bicyclic) bond motifs is 3. The van der Waals surface area contributed by atoms with Gasteiger partial charge in [-0.2, -0.15) is 0 Å². The molecule has 0 bridgehead atoms. The lowest BCUT2D eigenvalue weighted by Gasteiger charge is -2.41. The van der Waals surface area contributed by atoms with Gasteiger partial charge in [0.2, 0.25) is 0 Å². The first-order chi connectivity index (χ1) is 16.4. The smallest absolute Gasteiger partial charge is 0.355 e. The van der Waals surface area contributed by atoms with E-state index in [1.54, 1.807) is 62.4 Å². The van der Waals surface area contributed by atoms with Crippen LogP contribution in [0.5, 0.6) is 11.5 Å². The van der Waals surface area contributed by atoms with Crippen LogP contribution in [0.15, 0.2) is 48.5 Å². The predicted molar refractivity (Wildman–Crippen MR) is 119 cm³/mol. The van der Waals surface area contributed by atoms with Gasteiger partial charge in [-0.15, -0.1) is 0 Å². The number of nitro groups is 1. The van der Waals surface area contributed by atoms with Crippen molar-refractivity contribution in [2.24, 2.45) is 0 Å². The Labute approximate surface area is 196 Å². The number of esters is 2. The number of nitrogens with zero attached hydrogens (tertiary/aromatic N) is 1. The molecule has 1 N–H and O–H groups in total. The average Bonchev–Trinajstić information content (AvgIpc) is 3.22. The molecule has 0 saturated carbocycles. The molecule has 2 aromatic carbocycles. The van der Waals surface area contributed by atoms with E-state index >= 15 is 0 Å². The zero-order chi connectivity index (χ0) is 24.5. The van der Waals surface area contributed by atoms with Crippen molar-refractivity contribution in [1.29, 1.82) is 0 Å². The topological polar surface area (TPSA) is 126 Å². The number of para-hydroxylation sites is 1. The fourth-order valence-electron chi connectivity index (χ4n) is 5.06. The molecule has 1 fully saturated rings. The Morgan fingerprint density at radius 2 is 1.79 bits per heavy atom. The van der Waals surface area contributed by atoms with Crippen molar-refractivity contribution in [2.45, 2.75) is 43.5 Å². The average molecular weight is 470 g/mol. The summed E-state index contributed by atoms with van der Waals surface area (Å²) >= 11 is 0. The molecule has 5 atom stereocenters. The molecule has 0 unspecified atom stereocenters. The summed E-state index contributed by atoms with van der Waals surface area (Å²) in [6.07, 6.45) is -1.62. The van der Waals surface area contributed by atoms with Gasteiger partial charge in [0.15, 0.2) is 0 Å². The molecule has 2 aliphatic heterocycles. The fourth-order valence-corrected chi connectivity index (χ4v) is 5.06. The molecule has 2 heterocycles. The largest absolute Gasteiger partial charge is 0.497 e. The third-order valence-corrected chi connectivity index (χ3v) is 6.34. The van der Waals surface area contributed by atoms with E-state index in [1.807, 2.05) is 0 Å². The van der Waals surface area contributed by atoms with E-state index in [0.29, 0.717) is 16.9 Å². The first kappa shape index (κ1) is 23.5. The second-order valence-electron chi connectivity index (χ2n) is 8.02. The standard InChI is InChI=1S/C24H26N2O8/c1-4-32-22(27)19-18-16-11-6-7-12-17(16)34-21(23(28)33-5-2)24(18,26(29)30)20(25-19)14-9-8-10-15(13-14)31-3/h6-13,18-21,25H,4-5H2,1-3H3/t18-,19+,20+,21-,24+/m1/s1. The van der Waals surface area contributed by atoms with Gasteiger partial charge in [-0.05, 0) is 37.6 Å². The second kappa shape index (κ2) is 9.30. The van der Waals surface area contributed by atoms with Crippen LogP contribution in [-0.2, 0) is 19.1 Å². The molecule has 0 radical (unpaired) electrons. The Morgan fingerprint density at radius 1 is 1.09 bits per heavy atom. The molecule has 4 rings (SSSR count). The fraction of sp³-hybridized carbons (Fsp3) is 0.417. The van der Waals surface area contributed by atoms with Gasteiger partial charge in [-0.1, -0.05) is 30.3 Å². The molecular weight excluding hydrogens is 444 g/mol. The van der Waals surface area contributed by atoms with Crippen LogP contribution in [0, 0.1) is 10.1 Å². The second-order valence-corrected chi connectivity index (χ2v) is 8.02. The van der Waals surface area contributed by atoms with Gasteiger partial charge >= 0.3 is 11.9 Å². The van der Waals surface area contributed by atoms with Crippen LogP contribution >= 0.6 is 0 Å². The summed E-state index contributed by atoms with van der Waals surface area (Å²) in [4.78, 5) is 38.8. The predicted octanol–water partition coefficient (Wildman–Crippen LogP) is 2.39. The summed E-state index contributed by atoms with van der Waals surface area (Å²) in [5.41, 5.74) is -1.20. The molecule has 0 aromatic heterocycles. The molecular formula is C24H26N2O8. The summed E-state index contributed by atoms with van der Waals surface area (Å²) < 4.78 is 21.8. The Hall–Kier alpha value is -3.66. The van der Waals surface area contributed by atoms with Crippen molar-refractivity contribution in [1.82, 2.24) is 5.32 Å². The van der Waals surface area contributed by atoms with Crippen molar-refractivity contribution in [3.8, 4) is 11.5 Å². The third kappa shape index (κ3) is 3.54. The van der Waals surface area contributed by atoms with Crippen molar-refractivity contribution >= 4 is 11.9 Å². The minimum Gasteiger partial charge on any atom is -0.497 e. The maximum absolute atomic E-state index is 13.1. The quantitative estimate of drug-likeness (QED) is 0.369. The lowest BCUT2D eigenvalue weighted by molar-refractivity contribution is -0.586. The van der Waals surface area contributed by atoms with Crippen molar-refractivity contribution in [2.75, 3.05) is 20.3 Å². The first-order valence-electron chi connectivity index (χ1n) is 11.0. The summed E-state index contributed by atoms with van der Waals surface area (Å²) in [7, 11) is 1.48. The SMILES string of the molecule is CCOC(=O)[C@H]1N[C@@H](c2cccc(OC)c2)[C@]2([N+](=O)[O-])[C@@H](C(=O)OCC)Oc3ccccc3[C@H]12. The van der Waals surface area contributed by atoms with Crippen molar-refractivity contribution < 1.29 is 33.5 Å². The number of ether oxygens (including phenoxy) is 4. The van der Waals surface area contributed by atoms with Gasteiger partial charge in [-0.25, -0.2) is 4.79 Å². The maximum Gasteiger partial charge on any atom is 0.355 e. The van der Waals surface area contributed by atoms with Gasteiger partial charge in [0.25, 0.3) is 11.6 Å². The number of hydrogen-bond acceptors (Lipinski definition) is 9. The van der Waals surface area contributed by atoms with Crippen molar-refractivity contribution in [3.05, 3.63) is 69.8 Å². The van der Waals surface area contributed by atoms with E-state index in [0.717, 1.165) is 0 Å². The highest BCUT2D eigenvalue weighted by atomic mass is 16.6. The number of rotatable bonds is 7. The van der Waals surface area contributed by atoms with Gasteiger partial charge in [-0.3, -0.25) is 20.2 Å². The summed E-state index contributed by atoms with van der Waals surface area (Å²) in [5.74, 6) is -1.84. The van der Waals surface area contributed by atoms with E-state index in [-0.39, 0.29) is 19.0 Å². The van der Waals surface area contributed by atoms with E-state index < -0.39 is 46.5 Å². The molecule has 10 heteroatoms. The normalized spacial score (nSPS) is 27.0. The zero-order valence-corrected chi connectivity index (χ0v) is 19.1. The molecule has 0 spiro atoms. The third-order valence-electron chi connectivity index (χ3n) is 6.34. The maximum atomic E-state index is 13.1. The molecule has 2 aromatic rings. The van der Waals surface area contributed by atoms with Crippen LogP contribution < -0.4 is 14.8 Å². The molecule has 0 aliphatic carbocycles. The lowest BCUT2D eigenvalue weighted by Crippen LogP contribution is -2.63. The summed E-state index contributed by atoms with van der Waals surface area (Å²) in [5, 5.41) is 16.2. The number of carbonyl (C=O) groups excluding carboxylic acids is 2. The minimum atomic E-state index is -2.11. The highest BCUT2D eigenvalue weighted by Gasteiger charge is 2.76. The van der Waals surface area contributed by atoms with E-state index in [9.17, 15) is 19.7 Å². The summed E-state index contributed by atoms with van der Waals surface area (Å²) in [6.45, 7) is 3.38. The van der Waals surface area contributed by atoms with Gasteiger partial charge in [0.05, 0.1) is 26.2 Å². The number of hydrogen-bond donors (Lipinski definition) is 1. The monoisotopic (exact) mass is 470 g/mol. The van der Waals surface area contributed by atoms with Crippen molar-refractivity contribution in [3.63, 3.8) is 0 Å². The Morgan fingerprint density at radius 3 is 2.47 bits per heavy atom. The van der Waals surface area contributed by atoms with Crippen LogP contribution in [0.2, 0.25) is 0 Å². The van der Waals surface area contributed by atoms with Crippen LogP contribution in [0.25, 0.3) is 0 Å². The number of carbonyl (C=O) groups is 2. The highest BCUT2D eigenvalue weighted by molar-refractivity contribution is 5.83. The van der Waals surface area contributed by atoms with Gasteiger partial charge in [0, 0.05) is 10.5 Å². The van der Waals surface area contributed by atoms with Gasteiger partial charge < -0.3 is 18.9 Å².